The predicted octanol–water partition coefficient (Wildman–Crippen LogP) is 2.32. The van der Waals surface area contributed by atoms with Crippen LogP contribution in [-0.2, 0) is 19.4 Å². The van der Waals surface area contributed by atoms with Crippen LogP contribution in [0.3, 0.4) is 0 Å². The molecule has 0 radical (unpaired) electrons. The summed E-state index contributed by atoms with van der Waals surface area (Å²) in [6, 6.07) is 1.79. The highest BCUT2D eigenvalue weighted by atomic mass is 19.4. The summed E-state index contributed by atoms with van der Waals surface area (Å²) in [7, 11) is 0. The smallest absolute Gasteiger partial charge is 0.344 e. The molecular formula is C12H13F3N4. The molecule has 1 aliphatic rings. The maximum atomic E-state index is 12.7. The van der Waals surface area contributed by atoms with E-state index in [0.29, 0.717) is 24.5 Å². The molecule has 102 valence electrons. The third-order valence-electron chi connectivity index (χ3n) is 3.43. The van der Waals surface area contributed by atoms with E-state index in [4.69, 9.17) is 0 Å². The average molecular weight is 270 g/mol. The second-order valence-corrected chi connectivity index (χ2v) is 4.79. The lowest BCUT2D eigenvalue weighted by Gasteiger charge is -2.23. The predicted molar refractivity (Wildman–Crippen MR) is 61.5 cm³/mol. The van der Waals surface area contributed by atoms with Gasteiger partial charge in [0.25, 0.3) is 0 Å². The Morgan fingerprint density at radius 2 is 2.26 bits per heavy atom. The molecule has 0 fully saturated rings. The number of nitrogens with zero attached hydrogens (tertiary/aromatic N) is 3. The number of fused-ring (bicyclic) bond motifs is 1. The number of nitrogens with one attached hydrogen (secondary N) is 1. The summed E-state index contributed by atoms with van der Waals surface area (Å²) in [5, 5.41) is 4.05. The molecule has 4 nitrogen and oxygen atoms in total. The monoisotopic (exact) mass is 270 g/mol. The summed E-state index contributed by atoms with van der Waals surface area (Å²) in [4.78, 5) is 7.36. The van der Waals surface area contributed by atoms with Crippen LogP contribution in [0, 0.1) is 5.92 Å². The van der Waals surface area contributed by atoms with Gasteiger partial charge in [-0.25, -0.2) is 4.98 Å². The highest BCUT2D eigenvalue weighted by Gasteiger charge is 2.41. The van der Waals surface area contributed by atoms with Crippen molar-refractivity contribution in [3.05, 3.63) is 35.7 Å². The van der Waals surface area contributed by atoms with Crippen LogP contribution in [0.2, 0.25) is 0 Å². The number of aromatic amines is 1. The van der Waals surface area contributed by atoms with Crippen molar-refractivity contribution in [2.75, 3.05) is 0 Å². The molecule has 2 aromatic heterocycles. The molecule has 0 bridgehead atoms. The van der Waals surface area contributed by atoms with Gasteiger partial charge in [-0.05, 0) is 18.9 Å². The van der Waals surface area contributed by atoms with E-state index >= 15 is 0 Å². The Hall–Kier alpha value is -1.79. The van der Waals surface area contributed by atoms with Crippen LogP contribution in [0.15, 0.2) is 18.5 Å². The van der Waals surface area contributed by atoms with Gasteiger partial charge in [-0.1, -0.05) is 0 Å². The lowest BCUT2D eigenvalue weighted by molar-refractivity contribution is -0.177. The van der Waals surface area contributed by atoms with Gasteiger partial charge in [0.1, 0.15) is 5.82 Å². The first-order valence-electron chi connectivity index (χ1n) is 6.13. The van der Waals surface area contributed by atoms with Crippen molar-refractivity contribution in [1.82, 2.24) is 19.7 Å². The third kappa shape index (κ3) is 2.50. The molecule has 2 heterocycles. The van der Waals surface area contributed by atoms with Crippen molar-refractivity contribution >= 4 is 0 Å². The summed E-state index contributed by atoms with van der Waals surface area (Å²) in [5.41, 5.74) is 1.39. The summed E-state index contributed by atoms with van der Waals surface area (Å²) >= 11 is 0. The minimum absolute atomic E-state index is 0.00490. The van der Waals surface area contributed by atoms with Crippen LogP contribution in [0.4, 0.5) is 13.2 Å². The van der Waals surface area contributed by atoms with Crippen LogP contribution >= 0.6 is 0 Å². The molecule has 1 unspecified atom stereocenters. The first-order valence-corrected chi connectivity index (χ1v) is 6.13. The molecule has 1 N–H and O–H groups in total. The highest BCUT2D eigenvalue weighted by molar-refractivity contribution is 5.19. The number of H-pyrrole nitrogens is 1. The molecule has 0 saturated heterocycles. The number of rotatable bonds is 2. The van der Waals surface area contributed by atoms with Gasteiger partial charge in [0.05, 0.1) is 18.2 Å². The van der Waals surface area contributed by atoms with Crippen LogP contribution in [0.25, 0.3) is 0 Å². The number of aryl methyl sites for hydroxylation is 1. The number of alkyl halides is 3. The second-order valence-electron chi connectivity index (χ2n) is 4.79. The molecule has 2 aromatic rings. The molecule has 0 spiro atoms. The molecule has 7 heteroatoms. The minimum Gasteiger partial charge on any atom is -0.344 e. The Labute approximate surface area is 107 Å². The molecule has 0 amide bonds. The van der Waals surface area contributed by atoms with Gasteiger partial charge in [0.15, 0.2) is 0 Å². The number of imidazole rings is 1. The zero-order valence-corrected chi connectivity index (χ0v) is 10.1. The fraction of sp³-hybridized carbons (Fsp3) is 0.500. The van der Waals surface area contributed by atoms with Gasteiger partial charge in [0, 0.05) is 24.5 Å². The van der Waals surface area contributed by atoms with E-state index < -0.39 is 12.1 Å². The molecule has 1 atom stereocenters. The molecule has 1 aliphatic carbocycles. The Kier molecular flexibility index (Phi) is 2.83. The average Bonchev–Trinajstić information content (AvgIpc) is 2.95. The van der Waals surface area contributed by atoms with E-state index in [1.54, 1.807) is 23.1 Å². The van der Waals surface area contributed by atoms with E-state index in [2.05, 4.69) is 15.1 Å². The zero-order valence-electron chi connectivity index (χ0n) is 10.1. The molecule has 3 rings (SSSR count). The van der Waals surface area contributed by atoms with Gasteiger partial charge >= 0.3 is 6.18 Å². The fourth-order valence-corrected chi connectivity index (χ4v) is 2.44. The first kappa shape index (κ1) is 12.3. The Morgan fingerprint density at radius 1 is 1.42 bits per heavy atom. The fourth-order valence-electron chi connectivity index (χ4n) is 2.44. The van der Waals surface area contributed by atoms with E-state index in [1.807, 2.05) is 0 Å². The zero-order chi connectivity index (χ0) is 13.5. The largest absolute Gasteiger partial charge is 0.392 e. The number of hydrogen-bond donors (Lipinski definition) is 1. The summed E-state index contributed by atoms with van der Waals surface area (Å²) in [5.74, 6) is -0.588. The molecule has 19 heavy (non-hydrogen) atoms. The van der Waals surface area contributed by atoms with Crippen molar-refractivity contribution < 1.29 is 13.2 Å². The maximum Gasteiger partial charge on any atom is 0.392 e. The summed E-state index contributed by atoms with van der Waals surface area (Å²) < 4.78 is 39.8. The van der Waals surface area contributed by atoms with Crippen molar-refractivity contribution in [1.29, 1.82) is 0 Å². The first-order chi connectivity index (χ1) is 9.02. The van der Waals surface area contributed by atoms with E-state index in [9.17, 15) is 13.2 Å². The Morgan fingerprint density at radius 3 is 2.95 bits per heavy atom. The van der Waals surface area contributed by atoms with Crippen LogP contribution < -0.4 is 0 Å². The molecule has 0 saturated carbocycles. The van der Waals surface area contributed by atoms with Crippen molar-refractivity contribution in [2.24, 2.45) is 5.92 Å². The summed E-state index contributed by atoms with van der Waals surface area (Å²) in [6.07, 6.45) is -0.157. The minimum atomic E-state index is -4.12. The van der Waals surface area contributed by atoms with E-state index in [-0.39, 0.29) is 12.8 Å². The second kappa shape index (κ2) is 4.40. The molecule has 0 aliphatic heterocycles. The lowest BCUT2D eigenvalue weighted by Crippen LogP contribution is -2.28. The van der Waals surface area contributed by atoms with Crippen LogP contribution in [0.5, 0.6) is 0 Å². The Balaban J connectivity index is 1.77. The van der Waals surface area contributed by atoms with E-state index in [0.717, 1.165) is 5.69 Å². The van der Waals surface area contributed by atoms with Crippen LogP contribution in [-0.4, -0.2) is 25.9 Å². The lowest BCUT2D eigenvalue weighted by atomic mass is 9.89. The number of aromatic nitrogens is 4. The number of hydrogen-bond acceptors (Lipinski definition) is 2. The Bertz CT molecular complexity index is 556. The van der Waals surface area contributed by atoms with Gasteiger partial charge in [-0.3, -0.25) is 4.68 Å². The standard InChI is InChI=1S/C12H13F3N4/c13-12(14,15)8-2-3-9-10(6-8)18-11(17-9)7-19-5-1-4-16-19/h1,4-5,8H,2-3,6-7H2,(H,17,18). The quantitative estimate of drug-likeness (QED) is 0.910. The molecular weight excluding hydrogens is 257 g/mol. The maximum absolute atomic E-state index is 12.7. The third-order valence-corrected chi connectivity index (χ3v) is 3.43. The van der Waals surface area contributed by atoms with Crippen molar-refractivity contribution in [3.8, 4) is 0 Å². The van der Waals surface area contributed by atoms with Crippen LogP contribution in [0.1, 0.15) is 23.6 Å². The van der Waals surface area contributed by atoms with Crippen molar-refractivity contribution in [3.63, 3.8) is 0 Å². The molecule has 0 aromatic carbocycles. The number of halogens is 3. The van der Waals surface area contributed by atoms with Crippen molar-refractivity contribution in [2.45, 2.75) is 32.0 Å². The van der Waals surface area contributed by atoms with Gasteiger partial charge < -0.3 is 4.98 Å². The van der Waals surface area contributed by atoms with E-state index in [1.165, 1.54) is 0 Å². The topological polar surface area (TPSA) is 46.5 Å². The normalized spacial score (nSPS) is 19.4. The van der Waals surface area contributed by atoms with Gasteiger partial charge in [-0.2, -0.15) is 18.3 Å². The SMILES string of the molecule is FC(F)(F)C1CCc2nc(Cn3cccn3)[nH]c2C1. The van der Waals surface area contributed by atoms with Gasteiger partial charge in [-0.15, -0.1) is 0 Å². The highest BCUT2D eigenvalue weighted by Crippen LogP contribution is 2.36. The van der Waals surface area contributed by atoms with Gasteiger partial charge in [0.2, 0.25) is 0 Å². The summed E-state index contributed by atoms with van der Waals surface area (Å²) in [6.45, 7) is 0.455.